The second-order valence-corrected chi connectivity index (χ2v) is 10.3. The first-order valence-electron chi connectivity index (χ1n) is 8.73. The highest BCUT2D eigenvalue weighted by Gasteiger charge is 2.28. The van der Waals surface area contributed by atoms with Crippen molar-refractivity contribution in [2.45, 2.75) is 36.8 Å². The van der Waals surface area contributed by atoms with E-state index >= 15 is 0 Å². The van der Waals surface area contributed by atoms with Gasteiger partial charge < -0.3 is 4.74 Å². The summed E-state index contributed by atoms with van der Waals surface area (Å²) in [4.78, 5) is 0. The van der Waals surface area contributed by atoms with E-state index < -0.39 is 10.0 Å². The minimum absolute atomic E-state index is 0.311. The Balaban J connectivity index is 1.83. The van der Waals surface area contributed by atoms with Crippen LogP contribution in [0.5, 0.6) is 5.75 Å². The fourth-order valence-corrected chi connectivity index (χ4v) is 6.80. The number of benzene rings is 2. The Hall–Kier alpha value is -1.76. The van der Waals surface area contributed by atoms with Crippen LogP contribution in [0.4, 0.5) is 5.69 Å². The Labute approximate surface area is 168 Å². The van der Waals surface area contributed by atoms with Crippen molar-refractivity contribution in [2.24, 2.45) is 0 Å². The van der Waals surface area contributed by atoms with Crippen LogP contribution in [0.15, 0.2) is 34.5 Å². The number of halogens is 1. The van der Waals surface area contributed by atoms with E-state index in [0.717, 1.165) is 28.5 Å². The molecule has 0 saturated heterocycles. The quantitative estimate of drug-likeness (QED) is 0.585. The number of aryl methyl sites for hydroxylation is 1. The van der Waals surface area contributed by atoms with E-state index in [2.05, 4.69) is 11.6 Å². The first-order chi connectivity index (χ1) is 12.8. The normalized spacial score (nSPS) is 16.5. The van der Waals surface area contributed by atoms with Gasteiger partial charge in [0.1, 0.15) is 9.96 Å². The van der Waals surface area contributed by atoms with Crippen LogP contribution < -0.4 is 9.46 Å². The zero-order chi connectivity index (χ0) is 19.3. The molecule has 27 heavy (non-hydrogen) atoms. The molecule has 0 fully saturated rings. The summed E-state index contributed by atoms with van der Waals surface area (Å²) in [6, 6.07) is 9.32. The molecule has 0 amide bonds. The topological polar surface area (TPSA) is 55.4 Å². The Morgan fingerprint density at radius 2 is 2.04 bits per heavy atom. The molecule has 1 aliphatic rings. The van der Waals surface area contributed by atoms with Crippen LogP contribution in [0, 0.1) is 6.92 Å². The molecule has 1 aromatic heterocycles. The van der Waals surface area contributed by atoms with Crippen LogP contribution >= 0.6 is 22.9 Å². The Morgan fingerprint density at radius 1 is 1.26 bits per heavy atom. The summed E-state index contributed by atoms with van der Waals surface area (Å²) in [7, 11) is -2.18. The molecule has 1 unspecified atom stereocenters. The predicted molar refractivity (Wildman–Crippen MR) is 112 cm³/mol. The van der Waals surface area contributed by atoms with E-state index in [4.69, 9.17) is 16.3 Å². The molecule has 2 aromatic carbocycles. The van der Waals surface area contributed by atoms with Crippen LogP contribution in [0.1, 0.15) is 36.0 Å². The monoisotopic (exact) mass is 421 g/mol. The number of sulfonamides is 1. The van der Waals surface area contributed by atoms with Crippen molar-refractivity contribution in [1.29, 1.82) is 0 Å². The highest BCUT2D eigenvalue weighted by molar-refractivity contribution is 7.95. The molecule has 4 nitrogen and oxygen atoms in total. The van der Waals surface area contributed by atoms with Gasteiger partial charge in [-0.3, -0.25) is 4.72 Å². The van der Waals surface area contributed by atoms with E-state index in [1.807, 2.05) is 31.2 Å². The Morgan fingerprint density at radius 3 is 2.78 bits per heavy atom. The first kappa shape index (κ1) is 18.6. The number of hydrogen-bond acceptors (Lipinski definition) is 4. The van der Waals surface area contributed by atoms with Gasteiger partial charge >= 0.3 is 0 Å². The average molecular weight is 422 g/mol. The third-order valence-corrected chi connectivity index (χ3v) is 8.70. The van der Waals surface area contributed by atoms with Crippen LogP contribution in [0.3, 0.4) is 0 Å². The van der Waals surface area contributed by atoms with Crippen molar-refractivity contribution in [3.05, 3.63) is 52.0 Å². The van der Waals surface area contributed by atoms with Crippen LogP contribution in [-0.4, -0.2) is 15.5 Å². The fraction of sp³-hybridized carbons (Fsp3) is 0.300. The molecule has 7 heteroatoms. The van der Waals surface area contributed by atoms with Crippen LogP contribution in [-0.2, 0) is 16.4 Å². The number of ether oxygens (including phenoxy) is 1. The predicted octanol–water partition coefficient (Wildman–Crippen LogP) is 5.72. The van der Waals surface area contributed by atoms with E-state index in [1.165, 1.54) is 16.9 Å². The molecule has 1 heterocycles. The highest BCUT2D eigenvalue weighted by Crippen LogP contribution is 2.43. The lowest BCUT2D eigenvalue weighted by Gasteiger charge is -2.16. The van der Waals surface area contributed by atoms with Crippen molar-refractivity contribution in [3.63, 3.8) is 0 Å². The lowest BCUT2D eigenvalue weighted by molar-refractivity contribution is 0.416. The van der Waals surface area contributed by atoms with Gasteiger partial charge in [0.05, 0.1) is 12.8 Å². The van der Waals surface area contributed by atoms with Gasteiger partial charge in [-0.1, -0.05) is 24.6 Å². The van der Waals surface area contributed by atoms with Gasteiger partial charge in [0.25, 0.3) is 10.0 Å². The van der Waals surface area contributed by atoms with Crippen molar-refractivity contribution in [2.75, 3.05) is 11.8 Å². The summed E-state index contributed by atoms with van der Waals surface area (Å²) in [5.41, 5.74) is 3.50. The van der Waals surface area contributed by atoms with Crippen molar-refractivity contribution in [1.82, 2.24) is 0 Å². The zero-order valence-corrected chi connectivity index (χ0v) is 17.7. The van der Waals surface area contributed by atoms with Gasteiger partial charge in [-0.2, -0.15) is 0 Å². The van der Waals surface area contributed by atoms with Crippen LogP contribution in [0.25, 0.3) is 10.1 Å². The summed E-state index contributed by atoms with van der Waals surface area (Å²) < 4.78 is 36.0. The van der Waals surface area contributed by atoms with Gasteiger partial charge in [-0.15, -0.1) is 11.3 Å². The molecule has 1 atom stereocenters. The summed E-state index contributed by atoms with van der Waals surface area (Å²) in [5.74, 6) is 0.968. The van der Waals surface area contributed by atoms with Gasteiger partial charge in [0.15, 0.2) is 0 Å². The maximum absolute atomic E-state index is 13.2. The largest absolute Gasteiger partial charge is 0.495 e. The van der Waals surface area contributed by atoms with Crippen molar-refractivity contribution in [3.8, 4) is 5.75 Å². The summed E-state index contributed by atoms with van der Waals surface area (Å²) in [5, 5.41) is 1.46. The number of fused-ring (bicyclic) bond motifs is 2. The molecule has 142 valence electrons. The smallest absolute Gasteiger partial charge is 0.271 e. The molecule has 1 N–H and O–H groups in total. The van der Waals surface area contributed by atoms with E-state index in [1.54, 1.807) is 13.2 Å². The van der Waals surface area contributed by atoms with Gasteiger partial charge in [-0.25, -0.2) is 8.42 Å². The molecule has 0 bridgehead atoms. The molecule has 0 spiro atoms. The number of anilines is 1. The van der Waals surface area contributed by atoms with E-state index in [0.29, 0.717) is 32.2 Å². The van der Waals surface area contributed by atoms with E-state index in [9.17, 15) is 8.42 Å². The molecule has 0 saturated carbocycles. The van der Waals surface area contributed by atoms with Gasteiger partial charge in [0.2, 0.25) is 0 Å². The second-order valence-electron chi connectivity index (χ2n) is 6.91. The standard InChI is InChI=1S/C20H20ClNO3S2/c1-11-4-6-15-14(11)7-8-17(25-3)19(15)22-27(23,24)20-12(2)16-10-13(21)5-9-18(16)26-20/h5,7-11,22H,4,6H2,1-3H3. The first-order valence-corrected chi connectivity index (χ1v) is 11.4. The Bertz CT molecular complexity index is 1150. The summed E-state index contributed by atoms with van der Waals surface area (Å²) in [6.07, 6.45) is 1.85. The maximum Gasteiger partial charge on any atom is 0.271 e. The average Bonchev–Trinajstić information content (AvgIpc) is 3.17. The van der Waals surface area contributed by atoms with Crippen LogP contribution in [0.2, 0.25) is 5.02 Å². The second kappa shape index (κ2) is 6.69. The lowest BCUT2D eigenvalue weighted by Crippen LogP contribution is -2.15. The van der Waals surface area contributed by atoms with E-state index in [-0.39, 0.29) is 0 Å². The molecule has 0 aliphatic heterocycles. The fourth-order valence-electron chi connectivity index (χ4n) is 3.78. The highest BCUT2D eigenvalue weighted by atomic mass is 35.5. The molecule has 3 aromatic rings. The number of hydrogen-bond donors (Lipinski definition) is 1. The zero-order valence-electron chi connectivity index (χ0n) is 15.3. The third-order valence-electron chi connectivity index (χ3n) is 5.22. The number of rotatable bonds is 4. The van der Waals surface area contributed by atoms with Crippen molar-refractivity contribution >= 4 is 48.7 Å². The number of methoxy groups -OCH3 is 1. The minimum atomic E-state index is -3.74. The third kappa shape index (κ3) is 3.10. The molecule has 4 rings (SSSR count). The van der Waals surface area contributed by atoms with Crippen molar-refractivity contribution < 1.29 is 13.2 Å². The van der Waals surface area contributed by atoms with Gasteiger partial charge in [0, 0.05) is 9.72 Å². The SMILES string of the molecule is COc1ccc2c(c1NS(=O)(=O)c1sc3ccc(Cl)cc3c1C)CCC2C. The molecular formula is C20H20ClNO3S2. The lowest BCUT2D eigenvalue weighted by atomic mass is 10.0. The number of thiophene rings is 1. The Kier molecular flexibility index (Phi) is 4.61. The minimum Gasteiger partial charge on any atom is -0.495 e. The summed E-state index contributed by atoms with van der Waals surface area (Å²) in [6.45, 7) is 3.98. The molecule has 0 radical (unpaired) electrons. The number of nitrogens with one attached hydrogen (secondary N) is 1. The molecular weight excluding hydrogens is 402 g/mol. The molecule has 1 aliphatic carbocycles. The maximum atomic E-state index is 13.2. The van der Waals surface area contributed by atoms with Gasteiger partial charge in [-0.05, 0) is 72.0 Å². The summed E-state index contributed by atoms with van der Waals surface area (Å²) >= 11 is 7.34.